The van der Waals surface area contributed by atoms with Crippen LogP contribution in [-0.2, 0) is 26.3 Å². The lowest BCUT2D eigenvalue weighted by Crippen LogP contribution is -2.47. The number of hydrogen-bond donors (Lipinski definition) is 2. The Bertz CT molecular complexity index is 1110. The lowest BCUT2D eigenvalue weighted by molar-refractivity contribution is -0.137. The van der Waals surface area contributed by atoms with Crippen molar-refractivity contribution in [3.63, 3.8) is 0 Å². The van der Waals surface area contributed by atoms with Crippen LogP contribution >= 0.6 is 0 Å². The molecule has 192 valence electrons. The second-order valence-corrected chi connectivity index (χ2v) is 10.1. The Kier molecular flexibility index (Phi) is 9.75. The Balaban J connectivity index is 0.000000784. The molecule has 1 aliphatic rings. The largest absolute Gasteiger partial charge is 0.493 e. The lowest BCUT2D eigenvalue weighted by atomic mass is 9.90. The van der Waals surface area contributed by atoms with E-state index >= 15 is 0 Å². The average molecular weight is 507 g/mol. The standard InChI is InChI=1S/C23H30N4O3.CH4O3S/c1-5-27-19-8-7-18(15-20(19)26(4)21(28)23(2,3)22(27)29)30-14-6-11-25-16-17-9-12-24-13-10-17;1-5(2,3)4/h7-10,12-13,15,25H,5-6,11,14,16H2,1-4H3;1H3,(H,2,3,4). The molecule has 0 fully saturated rings. The Morgan fingerprint density at radius 2 is 1.71 bits per heavy atom. The highest BCUT2D eigenvalue weighted by atomic mass is 32.2. The minimum Gasteiger partial charge on any atom is -0.493 e. The molecule has 0 saturated carbocycles. The summed E-state index contributed by atoms with van der Waals surface area (Å²) >= 11 is 0. The summed E-state index contributed by atoms with van der Waals surface area (Å²) in [7, 11) is -1.96. The zero-order valence-electron chi connectivity index (χ0n) is 20.8. The molecule has 1 aromatic carbocycles. The minimum absolute atomic E-state index is 0.186. The third kappa shape index (κ3) is 8.01. The van der Waals surface area contributed by atoms with Crippen LogP contribution in [0.25, 0.3) is 0 Å². The fraction of sp³-hybridized carbons (Fsp3) is 0.458. The summed E-state index contributed by atoms with van der Waals surface area (Å²) in [5.41, 5.74) is 1.51. The van der Waals surface area contributed by atoms with E-state index in [2.05, 4.69) is 10.3 Å². The van der Waals surface area contributed by atoms with Gasteiger partial charge in [-0.3, -0.25) is 19.1 Å². The number of amides is 2. The molecule has 0 unspecified atom stereocenters. The average Bonchev–Trinajstić information content (AvgIpc) is 2.85. The third-order valence-corrected chi connectivity index (χ3v) is 5.38. The molecule has 0 spiro atoms. The van der Waals surface area contributed by atoms with E-state index in [1.54, 1.807) is 43.1 Å². The van der Waals surface area contributed by atoms with Gasteiger partial charge < -0.3 is 19.9 Å². The molecule has 10 nitrogen and oxygen atoms in total. The first-order valence-corrected chi connectivity index (χ1v) is 13.1. The first-order valence-electron chi connectivity index (χ1n) is 11.2. The molecule has 0 atom stereocenters. The molecule has 0 saturated heterocycles. The molecule has 2 heterocycles. The smallest absolute Gasteiger partial charge is 0.261 e. The summed E-state index contributed by atoms with van der Waals surface area (Å²) < 4.78 is 31.8. The summed E-state index contributed by atoms with van der Waals surface area (Å²) in [4.78, 5) is 33.0. The summed E-state index contributed by atoms with van der Waals surface area (Å²) in [6.07, 6.45) is 5.14. The number of ether oxygens (including phenoxy) is 1. The number of carbonyl (C=O) groups is 2. The first-order chi connectivity index (χ1) is 16.4. The van der Waals surface area contributed by atoms with Crippen LogP contribution in [0.4, 0.5) is 11.4 Å². The maximum absolute atomic E-state index is 12.9. The Morgan fingerprint density at radius 3 is 2.31 bits per heavy atom. The van der Waals surface area contributed by atoms with Crippen LogP contribution < -0.4 is 19.9 Å². The van der Waals surface area contributed by atoms with Crippen LogP contribution in [0.3, 0.4) is 0 Å². The van der Waals surface area contributed by atoms with Gasteiger partial charge in [-0.2, -0.15) is 8.42 Å². The molecule has 2 aromatic rings. The number of nitrogens with one attached hydrogen (secondary N) is 1. The van der Waals surface area contributed by atoms with Crippen molar-refractivity contribution in [3.8, 4) is 5.75 Å². The van der Waals surface area contributed by atoms with Gasteiger partial charge in [-0.25, -0.2) is 0 Å². The third-order valence-electron chi connectivity index (χ3n) is 5.38. The van der Waals surface area contributed by atoms with Crippen molar-refractivity contribution in [2.45, 2.75) is 33.7 Å². The van der Waals surface area contributed by atoms with Crippen LogP contribution in [0.1, 0.15) is 32.8 Å². The van der Waals surface area contributed by atoms with E-state index in [-0.39, 0.29) is 11.8 Å². The molecule has 1 aliphatic heterocycles. The van der Waals surface area contributed by atoms with Crippen molar-refractivity contribution < 1.29 is 27.3 Å². The lowest BCUT2D eigenvalue weighted by Gasteiger charge is -2.27. The molecule has 1 aromatic heterocycles. The van der Waals surface area contributed by atoms with E-state index in [0.717, 1.165) is 25.2 Å². The minimum atomic E-state index is -3.67. The van der Waals surface area contributed by atoms with Gasteiger partial charge in [-0.15, -0.1) is 0 Å². The number of nitrogens with zero attached hydrogens (tertiary/aromatic N) is 3. The van der Waals surface area contributed by atoms with Gasteiger partial charge in [0.25, 0.3) is 10.1 Å². The number of pyridine rings is 1. The van der Waals surface area contributed by atoms with Gasteiger partial charge in [-0.05, 0) is 63.6 Å². The molecule has 2 amide bonds. The van der Waals surface area contributed by atoms with E-state index in [4.69, 9.17) is 9.29 Å². The van der Waals surface area contributed by atoms with E-state index in [1.165, 1.54) is 5.56 Å². The molecule has 2 N–H and O–H groups in total. The number of aromatic nitrogens is 1. The molecule has 0 aliphatic carbocycles. The maximum atomic E-state index is 12.9. The van der Waals surface area contributed by atoms with E-state index in [0.29, 0.717) is 30.8 Å². The molecule has 3 rings (SSSR count). The van der Waals surface area contributed by atoms with Crippen LogP contribution in [0.15, 0.2) is 42.7 Å². The number of rotatable bonds is 8. The zero-order chi connectivity index (χ0) is 26.2. The Labute approximate surface area is 207 Å². The molecule has 35 heavy (non-hydrogen) atoms. The van der Waals surface area contributed by atoms with Crippen molar-refractivity contribution in [2.24, 2.45) is 5.41 Å². The monoisotopic (exact) mass is 506 g/mol. The van der Waals surface area contributed by atoms with Gasteiger partial charge >= 0.3 is 0 Å². The van der Waals surface area contributed by atoms with Gasteiger partial charge in [-0.1, -0.05) is 0 Å². The van der Waals surface area contributed by atoms with Crippen molar-refractivity contribution in [1.29, 1.82) is 0 Å². The normalized spacial score (nSPS) is 15.1. The summed E-state index contributed by atoms with van der Waals surface area (Å²) in [6, 6.07) is 9.54. The van der Waals surface area contributed by atoms with Crippen LogP contribution in [0.5, 0.6) is 5.75 Å². The van der Waals surface area contributed by atoms with E-state index in [1.807, 2.05) is 37.3 Å². The van der Waals surface area contributed by atoms with Crippen LogP contribution in [0.2, 0.25) is 0 Å². The quantitative estimate of drug-likeness (QED) is 0.317. The maximum Gasteiger partial charge on any atom is 0.261 e. The van der Waals surface area contributed by atoms with Crippen LogP contribution in [-0.4, -0.2) is 62.8 Å². The number of carbonyl (C=O) groups excluding carboxylic acids is 2. The number of fused-ring (bicyclic) bond motifs is 1. The number of anilines is 2. The predicted molar refractivity (Wildman–Crippen MR) is 135 cm³/mol. The van der Waals surface area contributed by atoms with Gasteiger partial charge in [0.05, 0.1) is 24.2 Å². The Morgan fingerprint density at radius 1 is 1.09 bits per heavy atom. The van der Waals surface area contributed by atoms with Crippen molar-refractivity contribution in [1.82, 2.24) is 10.3 Å². The second kappa shape index (κ2) is 12.1. The highest BCUT2D eigenvalue weighted by Crippen LogP contribution is 2.40. The van der Waals surface area contributed by atoms with Crippen LogP contribution in [0, 0.1) is 5.41 Å². The molecular formula is C24H34N4O6S. The molecule has 11 heteroatoms. The van der Waals surface area contributed by atoms with Crippen molar-refractivity contribution in [2.75, 3.05) is 42.8 Å². The number of benzene rings is 1. The fourth-order valence-electron chi connectivity index (χ4n) is 3.59. The van der Waals surface area contributed by atoms with Crippen molar-refractivity contribution in [3.05, 3.63) is 48.3 Å². The second-order valence-electron chi connectivity index (χ2n) is 8.66. The fourth-order valence-corrected chi connectivity index (χ4v) is 3.59. The van der Waals surface area contributed by atoms with E-state index in [9.17, 15) is 18.0 Å². The Hall–Kier alpha value is -3.02. The van der Waals surface area contributed by atoms with Crippen molar-refractivity contribution >= 4 is 33.3 Å². The molecule has 0 bridgehead atoms. The summed E-state index contributed by atoms with van der Waals surface area (Å²) in [5, 5.41) is 3.38. The van der Waals surface area contributed by atoms with Gasteiger partial charge in [0.2, 0.25) is 11.8 Å². The topological polar surface area (TPSA) is 129 Å². The van der Waals surface area contributed by atoms with Gasteiger partial charge in [0, 0.05) is 38.6 Å². The van der Waals surface area contributed by atoms with Gasteiger partial charge in [0.1, 0.15) is 11.2 Å². The highest BCUT2D eigenvalue weighted by Gasteiger charge is 2.45. The zero-order valence-corrected chi connectivity index (χ0v) is 21.6. The molecular weight excluding hydrogens is 472 g/mol. The summed E-state index contributed by atoms with van der Waals surface area (Å²) in [5.74, 6) is 0.280. The molecule has 0 radical (unpaired) electrons. The van der Waals surface area contributed by atoms with E-state index < -0.39 is 15.5 Å². The first kappa shape index (κ1) is 28.2. The summed E-state index contributed by atoms with van der Waals surface area (Å²) in [6.45, 7) is 7.96. The number of hydrogen-bond acceptors (Lipinski definition) is 7. The predicted octanol–water partition coefficient (Wildman–Crippen LogP) is 2.50. The SMILES string of the molecule is CCN1C(=O)C(C)(C)C(=O)N(C)c2cc(OCCCNCc3ccncc3)ccc21.CS(=O)(=O)O. The highest BCUT2D eigenvalue weighted by molar-refractivity contribution is 7.85. The van der Waals surface area contributed by atoms with Gasteiger partial charge in [0.15, 0.2) is 0 Å².